The summed E-state index contributed by atoms with van der Waals surface area (Å²) in [5.74, 6) is -1.33. The predicted octanol–water partition coefficient (Wildman–Crippen LogP) is 3.44. The number of hydrogen-bond acceptors (Lipinski definition) is 5. The molecule has 1 aliphatic rings. The minimum absolute atomic E-state index is 0.00999. The molecule has 154 valence electrons. The van der Waals surface area contributed by atoms with Gasteiger partial charge in [-0.15, -0.1) is 0 Å². The van der Waals surface area contributed by atoms with E-state index in [0.29, 0.717) is 12.8 Å². The summed E-state index contributed by atoms with van der Waals surface area (Å²) in [6.07, 6.45) is 4.31. The molecule has 1 heterocycles. The van der Waals surface area contributed by atoms with Crippen molar-refractivity contribution in [2.45, 2.75) is 79.1 Å². The maximum Gasteiger partial charge on any atom is 0.308 e. The molecule has 0 fully saturated rings. The number of rotatable bonds is 1. The standard InChI is InChI=1S/C22H36O5/c1-7-20-15(4)10-13(2)8-9-18(23)14(3)11-16(5)22(26)17(6)19(24)12-21(25)27-20/h8-10,14-17,19-20,22,24,26H,7,11-12H2,1-6H3/b9-8+,13-10+/t14-,15+,16+,17+,19-,20-,22+/m1/s1. The van der Waals surface area contributed by atoms with Crippen molar-refractivity contribution in [1.82, 2.24) is 0 Å². The van der Waals surface area contributed by atoms with Crippen LogP contribution in [0.4, 0.5) is 0 Å². The highest BCUT2D eigenvalue weighted by molar-refractivity contribution is 5.91. The number of cyclic esters (lactones) is 1. The second-order valence-electron chi connectivity index (χ2n) is 8.18. The van der Waals surface area contributed by atoms with Crippen molar-refractivity contribution < 1.29 is 24.5 Å². The Morgan fingerprint density at radius 3 is 2.33 bits per heavy atom. The smallest absolute Gasteiger partial charge is 0.308 e. The molecule has 0 aliphatic carbocycles. The lowest BCUT2D eigenvalue weighted by atomic mass is 9.82. The topological polar surface area (TPSA) is 83.8 Å². The van der Waals surface area contributed by atoms with Crippen LogP contribution in [0.2, 0.25) is 0 Å². The van der Waals surface area contributed by atoms with E-state index in [9.17, 15) is 19.8 Å². The Kier molecular flexibility index (Phi) is 9.40. The van der Waals surface area contributed by atoms with Gasteiger partial charge in [0.25, 0.3) is 0 Å². The molecule has 1 aliphatic heterocycles. The average molecular weight is 381 g/mol. The Morgan fingerprint density at radius 1 is 1.11 bits per heavy atom. The van der Waals surface area contributed by atoms with Gasteiger partial charge in [-0.25, -0.2) is 0 Å². The number of aliphatic hydroxyl groups excluding tert-OH is 2. The lowest BCUT2D eigenvalue weighted by Gasteiger charge is -2.30. The SMILES string of the molecule is CC[C@H]1OC(=O)C[C@@H](O)[C@H](C)[C@@H](O)[C@@H](C)C[C@@H](C)C(=O)/C=C/C(C)=C/[C@@H]1C. The number of aliphatic hydroxyl groups is 2. The van der Waals surface area contributed by atoms with E-state index in [2.05, 4.69) is 0 Å². The molecule has 5 heteroatoms. The second-order valence-corrected chi connectivity index (χ2v) is 8.18. The summed E-state index contributed by atoms with van der Waals surface area (Å²) in [4.78, 5) is 24.6. The van der Waals surface area contributed by atoms with Gasteiger partial charge in [0.15, 0.2) is 5.78 Å². The fourth-order valence-electron chi connectivity index (χ4n) is 3.65. The zero-order valence-electron chi connectivity index (χ0n) is 17.5. The Balaban J connectivity index is 3.13. The first-order valence-electron chi connectivity index (χ1n) is 10.0. The Morgan fingerprint density at radius 2 is 1.74 bits per heavy atom. The van der Waals surface area contributed by atoms with Crippen LogP contribution < -0.4 is 0 Å². The van der Waals surface area contributed by atoms with E-state index in [4.69, 9.17) is 4.74 Å². The van der Waals surface area contributed by atoms with Crippen LogP contribution in [0.1, 0.15) is 60.8 Å². The van der Waals surface area contributed by atoms with Gasteiger partial charge in [0.05, 0.1) is 18.6 Å². The number of carbonyl (C=O) groups is 2. The van der Waals surface area contributed by atoms with Crippen LogP contribution in [0.3, 0.4) is 0 Å². The number of carbonyl (C=O) groups excluding carboxylic acids is 2. The summed E-state index contributed by atoms with van der Waals surface area (Å²) in [6, 6.07) is 0. The largest absolute Gasteiger partial charge is 0.462 e. The summed E-state index contributed by atoms with van der Waals surface area (Å²) < 4.78 is 5.56. The van der Waals surface area contributed by atoms with E-state index < -0.39 is 24.1 Å². The average Bonchev–Trinajstić information content (AvgIpc) is 2.61. The van der Waals surface area contributed by atoms with E-state index >= 15 is 0 Å². The molecular formula is C22H36O5. The number of hydrogen-bond donors (Lipinski definition) is 2. The second kappa shape index (κ2) is 10.8. The molecule has 0 radical (unpaired) electrons. The molecular weight excluding hydrogens is 344 g/mol. The first-order chi connectivity index (χ1) is 12.6. The van der Waals surface area contributed by atoms with Crippen LogP contribution in [0.15, 0.2) is 23.8 Å². The molecule has 0 aromatic heterocycles. The van der Waals surface area contributed by atoms with Gasteiger partial charge in [0, 0.05) is 17.8 Å². The molecule has 2 N–H and O–H groups in total. The normalized spacial score (nSPS) is 40.7. The fourth-order valence-corrected chi connectivity index (χ4v) is 3.65. The summed E-state index contributed by atoms with van der Waals surface area (Å²) in [6.45, 7) is 11.3. The maximum absolute atomic E-state index is 12.4. The van der Waals surface area contributed by atoms with E-state index in [1.807, 2.05) is 40.7 Å². The van der Waals surface area contributed by atoms with E-state index in [0.717, 1.165) is 5.57 Å². The van der Waals surface area contributed by atoms with Gasteiger partial charge in [0.1, 0.15) is 6.10 Å². The first-order valence-corrected chi connectivity index (χ1v) is 10.0. The summed E-state index contributed by atoms with van der Waals surface area (Å²) >= 11 is 0. The molecule has 0 bridgehead atoms. The van der Waals surface area contributed by atoms with Crippen molar-refractivity contribution in [2.75, 3.05) is 0 Å². The minimum atomic E-state index is -0.987. The van der Waals surface area contributed by atoms with E-state index in [1.165, 1.54) is 0 Å². The molecule has 1 rings (SSSR count). The zero-order valence-corrected chi connectivity index (χ0v) is 17.5. The molecule has 0 aromatic rings. The quantitative estimate of drug-likeness (QED) is 0.681. The molecule has 0 saturated carbocycles. The van der Waals surface area contributed by atoms with Gasteiger partial charge < -0.3 is 14.9 Å². The van der Waals surface area contributed by atoms with Gasteiger partial charge >= 0.3 is 5.97 Å². The number of esters is 1. The molecule has 7 atom stereocenters. The predicted molar refractivity (Wildman–Crippen MR) is 106 cm³/mol. The van der Waals surface area contributed by atoms with Crippen molar-refractivity contribution in [2.24, 2.45) is 23.7 Å². The third-order valence-electron chi connectivity index (χ3n) is 5.62. The van der Waals surface area contributed by atoms with Gasteiger partial charge in [-0.2, -0.15) is 0 Å². The first kappa shape index (κ1) is 23.6. The highest BCUT2D eigenvalue weighted by Gasteiger charge is 2.31. The van der Waals surface area contributed by atoms with Gasteiger partial charge in [-0.05, 0) is 31.8 Å². The molecule has 0 spiro atoms. The summed E-state index contributed by atoms with van der Waals surface area (Å²) in [5, 5.41) is 20.9. The van der Waals surface area contributed by atoms with Gasteiger partial charge in [-0.1, -0.05) is 52.3 Å². The maximum atomic E-state index is 12.4. The number of ketones is 1. The van der Waals surface area contributed by atoms with Crippen LogP contribution in [0.5, 0.6) is 0 Å². The monoisotopic (exact) mass is 380 g/mol. The van der Waals surface area contributed by atoms with Crippen LogP contribution in [-0.2, 0) is 14.3 Å². The van der Waals surface area contributed by atoms with Crippen molar-refractivity contribution in [1.29, 1.82) is 0 Å². The molecule has 0 saturated heterocycles. The number of allylic oxidation sites excluding steroid dienone is 3. The number of ether oxygens (including phenoxy) is 1. The van der Waals surface area contributed by atoms with Crippen LogP contribution in [0.25, 0.3) is 0 Å². The van der Waals surface area contributed by atoms with Crippen LogP contribution in [0, 0.1) is 23.7 Å². The third-order valence-corrected chi connectivity index (χ3v) is 5.62. The third kappa shape index (κ3) is 7.23. The molecule has 0 unspecified atom stereocenters. The Labute approximate surface area is 163 Å². The highest BCUT2D eigenvalue weighted by Crippen LogP contribution is 2.25. The fraction of sp³-hybridized carbons (Fsp3) is 0.727. The van der Waals surface area contributed by atoms with Crippen molar-refractivity contribution in [3.63, 3.8) is 0 Å². The zero-order chi connectivity index (χ0) is 20.7. The molecule has 0 aromatic carbocycles. The van der Waals surface area contributed by atoms with Gasteiger partial charge in [0.2, 0.25) is 0 Å². The van der Waals surface area contributed by atoms with E-state index in [-0.39, 0.29) is 36.1 Å². The Bertz CT molecular complexity index is 565. The minimum Gasteiger partial charge on any atom is -0.462 e. The lowest BCUT2D eigenvalue weighted by molar-refractivity contribution is -0.154. The summed E-state index contributed by atoms with van der Waals surface area (Å²) in [5.41, 5.74) is 0.936. The summed E-state index contributed by atoms with van der Waals surface area (Å²) in [7, 11) is 0. The molecule has 27 heavy (non-hydrogen) atoms. The van der Waals surface area contributed by atoms with Crippen LogP contribution >= 0.6 is 0 Å². The van der Waals surface area contributed by atoms with Crippen molar-refractivity contribution in [3.8, 4) is 0 Å². The lowest BCUT2D eigenvalue weighted by Crippen LogP contribution is -2.37. The van der Waals surface area contributed by atoms with Crippen molar-refractivity contribution in [3.05, 3.63) is 23.8 Å². The molecule has 5 nitrogen and oxygen atoms in total. The van der Waals surface area contributed by atoms with Crippen molar-refractivity contribution >= 4 is 11.8 Å². The Hall–Kier alpha value is -1.46. The van der Waals surface area contributed by atoms with E-state index in [1.54, 1.807) is 19.1 Å². The van der Waals surface area contributed by atoms with Gasteiger partial charge in [-0.3, -0.25) is 9.59 Å². The highest BCUT2D eigenvalue weighted by atomic mass is 16.5. The molecule has 0 amide bonds. The van der Waals surface area contributed by atoms with Crippen LogP contribution in [-0.4, -0.2) is 40.3 Å².